The highest BCUT2D eigenvalue weighted by Crippen LogP contribution is 2.27. The van der Waals surface area contributed by atoms with E-state index in [1.165, 1.54) is 10.3 Å². The molecule has 0 atom stereocenters. The average molecular weight is 342 g/mol. The Morgan fingerprint density at radius 2 is 1.87 bits per heavy atom. The molecule has 23 heavy (non-hydrogen) atoms. The van der Waals surface area contributed by atoms with Gasteiger partial charge in [-0.25, -0.2) is 0 Å². The van der Waals surface area contributed by atoms with Crippen molar-refractivity contribution in [1.82, 2.24) is 9.80 Å². The lowest BCUT2D eigenvalue weighted by molar-refractivity contribution is 0.0631. The highest BCUT2D eigenvalue weighted by Gasteiger charge is 2.23. The number of benzene rings is 1. The molecule has 5 heteroatoms. The summed E-state index contributed by atoms with van der Waals surface area (Å²) in [6, 6.07) is 10.3. The van der Waals surface area contributed by atoms with Crippen LogP contribution in [0.25, 0.3) is 10.1 Å². The molecule has 2 aromatic heterocycles. The Bertz CT molecular complexity index is 801. The highest BCUT2D eigenvalue weighted by molar-refractivity contribution is 7.17. The number of rotatable bonds is 3. The summed E-state index contributed by atoms with van der Waals surface area (Å²) in [5.41, 5.74) is 2.23. The number of hydrogen-bond donors (Lipinski definition) is 0. The number of amides is 1. The maximum absolute atomic E-state index is 12.8. The zero-order valence-electron chi connectivity index (χ0n) is 12.8. The molecule has 0 bridgehead atoms. The number of carbonyl (C=O) groups excluding carboxylic acids is 1. The van der Waals surface area contributed by atoms with Crippen molar-refractivity contribution in [2.75, 3.05) is 26.2 Å². The van der Waals surface area contributed by atoms with E-state index in [4.69, 9.17) is 0 Å². The molecule has 1 aliphatic rings. The lowest BCUT2D eigenvalue weighted by atomic mass is 10.1. The van der Waals surface area contributed by atoms with Crippen LogP contribution in [0.15, 0.2) is 46.5 Å². The van der Waals surface area contributed by atoms with Crippen LogP contribution in [0, 0.1) is 0 Å². The van der Waals surface area contributed by atoms with Crippen LogP contribution < -0.4 is 0 Å². The zero-order chi connectivity index (χ0) is 15.6. The van der Waals surface area contributed by atoms with Gasteiger partial charge in [0, 0.05) is 48.2 Å². The molecular weight excluding hydrogens is 324 g/mol. The van der Waals surface area contributed by atoms with Crippen molar-refractivity contribution in [3.8, 4) is 0 Å². The third kappa shape index (κ3) is 3.04. The van der Waals surface area contributed by atoms with Gasteiger partial charge in [-0.1, -0.05) is 18.2 Å². The molecule has 0 radical (unpaired) electrons. The summed E-state index contributed by atoms with van der Waals surface area (Å²) in [6.45, 7) is 4.51. The van der Waals surface area contributed by atoms with Gasteiger partial charge < -0.3 is 4.90 Å². The number of thiophene rings is 2. The molecule has 1 fully saturated rings. The van der Waals surface area contributed by atoms with E-state index in [2.05, 4.69) is 27.8 Å². The van der Waals surface area contributed by atoms with Crippen molar-refractivity contribution < 1.29 is 4.79 Å². The maximum atomic E-state index is 12.8. The van der Waals surface area contributed by atoms with Crippen LogP contribution in [0.2, 0.25) is 0 Å². The van der Waals surface area contributed by atoms with Gasteiger partial charge in [-0.3, -0.25) is 9.69 Å². The molecule has 0 aliphatic carbocycles. The topological polar surface area (TPSA) is 23.6 Å². The number of nitrogens with zero attached hydrogens (tertiary/aromatic N) is 2. The Hall–Kier alpha value is -1.69. The first-order valence-electron chi connectivity index (χ1n) is 7.80. The second-order valence-corrected chi connectivity index (χ2v) is 7.54. The molecule has 1 aliphatic heterocycles. The summed E-state index contributed by atoms with van der Waals surface area (Å²) in [5.74, 6) is 0.178. The van der Waals surface area contributed by atoms with E-state index in [9.17, 15) is 4.79 Å². The number of carbonyl (C=O) groups is 1. The Labute approximate surface area is 143 Å². The van der Waals surface area contributed by atoms with Gasteiger partial charge in [0.1, 0.15) is 0 Å². The van der Waals surface area contributed by atoms with Gasteiger partial charge in [-0.15, -0.1) is 11.3 Å². The second kappa shape index (κ2) is 6.43. The number of piperazine rings is 1. The van der Waals surface area contributed by atoms with Crippen molar-refractivity contribution in [3.63, 3.8) is 0 Å². The van der Waals surface area contributed by atoms with Crippen molar-refractivity contribution in [2.24, 2.45) is 0 Å². The van der Waals surface area contributed by atoms with Crippen LogP contribution in [0.5, 0.6) is 0 Å². The van der Waals surface area contributed by atoms with Crippen molar-refractivity contribution in [1.29, 1.82) is 0 Å². The fraction of sp³-hybridized carbons (Fsp3) is 0.278. The van der Waals surface area contributed by atoms with Crippen LogP contribution in [-0.2, 0) is 6.54 Å². The van der Waals surface area contributed by atoms with Gasteiger partial charge in [0.05, 0.1) is 5.56 Å². The first-order chi connectivity index (χ1) is 11.3. The lowest BCUT2D eigenvalue weighted by Crippen LogP contribution is -2.48. The average Bonchev–Trinajstić information content (AvgIpc) is 3.24. The van der Waals surface area contributed by atoms with Crippen LogP contribution in [-0.4, -0.2) is 41.9 Å². The molecule has 0 unspecified atom stereocenters. The SMILES string of the molecule is O=C(c1csc2ccccc12)N1CCN(Cc2ccsc2)CC1. The molecule has 0 spiro atoms. The molecule has 1 saturated heterocycles. The minimum absolute atomic E-state index is 0.178. The monoisotopic (exact) mass is 342 g/mol. The molecule has 1 amide bonds. The van der Waals surface area contributed by atoms with E-state index >= 15 is 0 Å². The van der Waals surface area contributed by atoms with E-state index in [0.717, 1.165) is 43.7 Å². The van der Waals surface area contributed by atoms with Crippen molar-refractivity contribution in [3.05, 3.63) is 57.6 Å². The van der Waals surface area contributed by atoms with Gasteiger partial charge in [0.25, 0.3) is 5.91 Å². The van der Waals surface area contributed by atoms with Gasteiger partial charge in [0.15, 0.2) is 0 Å². The molecule has 3 aromatic rings. The third-order valence-electron chi connectivity index (χ3n) is 4.36. The maximum Gasteiger partial charge on any atom is 0.255 e. The van der Waals surface area contributed by atoms with Crippen molar-refractivity contribution in [2.45, 2.75) is 6.54 Å². The molecular formula is C18H18N2OS2. The molecule has 3 nitrogen and oxygen atoms in total. The molecule has 3 heterocycles. The van der Waals surface area contributed by atoms with Gasteiger partial charge in [-0.2, -0.15) is 11.3 Å². The predicted octanol–water partition coefficient (Wildman–Crippen LogP) is 3.92. The predicted molar refractivity (Wildman–Crippen MR) is 97.3 cm³/mol. The first-order valence-corrected chi connectivity index (χ1v) is 9.62. The molecule has 4 rings (SSSR count). The lowest BCUT2D eigenvalue weighted by Gasteiger charge is -2.34. The smallest absolute Gasteiger partial charge is 0.255 e. The van der Waals surface area contributed by atoms with Crippen LogP contribution >= 0.6 is 22.7 Å². The van der Waals surface area contributed by atoms with E-state index in [0.29, 0.717) is 0 Å². The summed E-state index contributed by atoms with van der Waals surface area (Å²) in [6.07, 6.45) is 0. The third-order valence-corrected chi connectivity index (χ3v) is 6.05. The zero-order valence-corrected chi connectivity index (χ0v) is 14.4. The Morgan fingerprint density at radius 1 is 1.04 bits per heavy atom. The van der Waals surface area contributed by atoms with E-state index in [1.807, 2.05) is 28.5 Å². The fourth-order valence-electron chi connectivity index (χ4n) is 3.06. The quantitative estimate of drug-likeness (QED) is 0.720. The summed E-state index contributed by atoms with van der Waals surface area (Å²) in [5, 5.41) is 7.42. The Morgan fingerprint density at radius 3 is 2.65 bits per heavy atom. The summed E-state index contributed by atoms with van der Waals surface area (Å²) in [7, 11) is 0. The molecule has 118 valence electrons. The van der Waals surface area contributed by atoms with E-state index < -0.39 is 0 Å². The van der Waals surface area contributed by atoms with Gasteiger partial charge in [-0.05, 0) is 28.5 Å². The molecule has 0 N–H and O–H groups in total. The van der Waals surface area contributed by atoms with E-state index in [-0.39, 0.29) is 5.91 Å². The highest BCUT2D eigenvalue weighted by atomic mass is 32.1. The van der Waals surface area contributed by atoms with Crippen LogP contribution in [0.1, 0.15) is 15.9 Å². The van der Waals surface area contributed by atoms with Gasteiger partial charge >= 0.3 is 0 Å². The minimum Gasteiger partial charge on any atom is -0.336 e. The Kier molecular flexibility index (Phi) is 4.16. The summed E-state index contributed by atoms with van der Waals surface area (Å²) in [4.78, 5) is 17.2. The fourth-order valence-corrected chi connectivity index (χ4v) is 4.66. The molecule has 0 saturated carbocycles. The largest absolute Gasteiger partial charge is 0.336 e. The minimum atomic E-state index is 0.178. The second-order valence-electron chi connectivity index (χ2n) is 5.85. The molecule has 1 aromatic carbocycles. The van der Waals surface area contributed by atoms with E-state index in [1.54, 1.807) is 22.7 Å². The standard InChI is InChI=1S/C18H18N2OS2/c21-18(16-13-23-17-4-2-1-3-15(16)17)20-8-6-19(7-9-20)11-14-5-10-22-12-14/h1-5,10,12-13H,6-9,11H2. The Balaban J connectivity index is 1.43. The number of fused-ring (bicyclic) bond motifs is 1. The number of hydrogen-bond acceptors (Lipinski definition) is 4. The summed E-state index contributed by atoms with van der Waals surface area (Å²) >= 11 is 3.40. The van der Waals surface area contributed by atoms with Crippen LogP contribution in [0.4, 0.5) is 0 Å². The van der Waals surface area contributed by atoms with Crippen molar-refractivity contribution >= 4 is 38.7 Å². The first kappa shape index (κ1) is 14.9. The van der Waals surface area contributed by atoms with Crippen LogP contribution in [0.3, 0.4) is 0 Å². The summed E-state index contributed by atoms with van der Waals surface area (Å²) < 4.78 is 1.19. The van der Waals surface area contributed by atoms with Gasteiger partial charge in [0.2, 0.25) is 0 Å². The normalized spacial score (nSPS) is 16.1.